The third kappa shape index (κ3) is 4.73. The van der Waals surface area contributed by atoms with E-state index in [9.17, 15) is 4.79 Å². The molecule has 2 aliphatic rings. The lowest BCUT2D eigenvalue weighted by molar-refractivity contribution is -0.114. The molecule has 0 bridgehead atoms. The number of allylic oxidation sites excluding steroid dienone is 1. The van der Waals surface area contributed by atoms with E-state index in [-0.39, 0.29) is 5.92 Å². The van der Waals surface area contributed by atoms with Crippen LogP contribution in [0.4, 0.5) is 0 Å². The second-order valence-electron chi connectivity index (χ2n) is 8.66. The number of benzene rings is 1. The van der Waals surface area contributed by atoms with Gasteiger partial charge in [0.15, 0.2) is 0 Å². The number of nitrogens with two attached hydrogens (primary N) is 2. The van der Waals surface area contributed by atoms with Crippen LogP contribution in [0.3, 0.4) is 0 Å². The van der Waals surface area contributed by atoms with Crippen molar-refractivity contribution in [2.75, 3.05) is 13.2 Å². The first-order valence-corrected chi connectivity index (χ1v) is 11.4. The number of aromatic nitrogens is 1. The van der Waals surface area contributed by atoms with E-state index in [4.69, 9.17) is 21.2 Å². The van der Waals surface area contributed by atoms with E-state index in [0.717, 1.165) is 35.1 Å². The number of amides is 1. The summed E-state index contributed by atoms with van der Waals surface area (Å²) in [5.41, 5.74) is 15.6. The number of rotatable bonds is 6. The molecule has 0 spiro atoms. The van der Waals surface area contributed by atoms with Crippen molar-refractivity contribution >= 4 is 22.5 Å². The molecule has 0 radical (unpaired) electrons. The first-order valence-electron chi connectivity index (χ1n) is 11.4. The van der Waals surface area contributed by atoms with Crippen molar-refractivity contribution in [1.82, 2.24) is 4.98 Å². The van der Waals surface area contributed by atoms with Crippen LogP contribution in [0.25, 0.3) is 10.9 Å². The lowest BCUT2D eigenvalue weighted by Gasteiger charge is -2.26. The minimum atomic E-state index is -0.515. The minimum Gasteiger partial charge on any atom is -0.494 e. The molecule has 6 nitrogen and oxygen atoms in total. The largest absolute Gasteiger partial charge is 0.494 e. The summed E-state index contributed by atoms with van der Waals surface area (Å²) in [7, 11) is 0. The van der Waals surface area contributed by atoms with Crippen molar-refractivity contribution in [2.24, 2.45) is 28.3 Å². The molecule has 1 aliphatic carbocycles. The molecular weight excluding hydrogens is 388 g/mol. The summed E-state index contributed by atoms with van der Waals surface area (Å²) in [5.74, 6) is 1.09. The molecule has 6 heteroatoms. The maximum Gasteiger partial charge on any atom is 0.252 e. The van der Waals surface area contributed by atoms with E-state index < -0.39 is 5.91 Å². The summed E-state index contributed by atoms with van der Waals surface area (Å²) in [4.78, 5) is 21.8. The highest BCUT2D eigenvalue weighted by atomic mass is 16.5. The average molecular weight is 421 g/mol. The molecule has 1 saturated carbocycles. The van der Waals surface area contributed by atoms with Crippen molar-refractivity contribution in [1.29, 1.82) is 0 Å². The molecule has 31 heavy (non-hydrogen) atoms. The Balaban J connectivity index is 1.66. The summed E-state index contributed by atoms with van der Waals surface area (Å²) in [5, 5.41) is 0.953. The molecule has 1 aromatic carbocycles. The van der Waals surface area contributed by atoms with Gasteiger partial charge in [0.25, 0.3) is 5.91 Å². The van der Waals surface area contributed by atoms with Gasteiger partial charge < -0.3 is 16.2 Å². The van der Waals surface area contributed by atoms with Gasteiger partial charge in [0.2, 0.25) is 0 Å². The van der Waals surface area contributed by atoms with E-state index >= 15 is 0 Å². The maximum atomic E-state index is 12.5. The highest BCUT2D eigenvalue weighted by Gasteiger charge is 2.29. The highest BCUT2D eigenvalue weighted by molar-refractivity contribution is 6.28. The SMILES string of the molecule is CCOc1ccc2cc(C3=NCCC(CC4CCCCC4)C(N)=C3C(N)=O)cnc2c1. The molecule has 0 saturated heterocycles. The molecule has 1 aromatic heterocycles. The fourth-order valence-electron chi connectivity index (χ4n) is 4.96. The normalized spacial score (nSPS) is 20.4. The Morgan fingerprint density at radius 2 is 1.97 bits per heavy atom. The predicted molar refractivity (Wildman–Crippen MR) is 124 cm³/mol. The van der Waals surface area contributed by atoms with Gasteiger partial charge in [-0.05, 0) is 43.9 Å². The molecule has 4 N–H and O–H groups in total. The molecule has 1 amide bonds. The number of primary amides is 1. The van der Waals surface area contributed by atoms with Crippen molar-refractivity contribution in [2.45, 2.75) is 51.9 Å². The number of carbonyl (C=O) groups excluding carboxylic acids is 1. The van der Waals surface area contributed by atoms with Gasteiger partial charge in [-0.2, -0.15) is 0 Å². The summed E-state index contributed by atoms with van der Waals surface area (Å²) < 4.78 is 5.56. The van der Waals surface area contributed by atoms with Gasteiger partial charge in [-0.1, -0.05) is 32.1 Å². The highest BCUT2D eigenvalue weighted by Crippen LogP contribution is 2.34. The van der Waals surface area contributed by atoms with Crippen LogP contribution in [0.2, 0.25) is 0 Å². The van der Waals surface area contributed by atoms with E-state index in [1.54, 1.807) is 6.20 Å². The molecular formula is C25H32N4O2. The first-order chi connectivity index (χ1) is 15.1. The number of hydrogen-bond acceptors (Lipinski definition) is 5. The van der Waals surface area contributed by atoms with Crippen molar-refractivity contribution in [3.63, 3.8) is 0 Å². The number of hydrogen-bond donors (Lipinski definition) is 2. The molecule has 2 heterocycles. The molecule has 2 aromatic rings. The van der Waals surface area contributed by atoms with Gasteiger partial charge in [0, 0.05) is 41.4 Å². The van der Waals surface area contributed by atoms with E-state index in [0.29, 0.717) is 36.1 Å². The van der Waals surface area contributed by atoms with Crippen LogP contribution in [0.15, 0.2) is 46.7 Å². The summed E-state index contributed by atoms with van der Waals surface area (Å²) in [6.07, 6.45) is 10.0. The van der Waals surface area contributed by atoms with Crippen LogP contribution in [0, 0.1) is 11.8 Å². The summed E-state index contributed by atoms with van der Waals surface area (Å²) in [6, 6.07) is 7.80. The van der Waals surface area contributed by atoms with Crippen LogP contribution in [0.1, 0.15) is 57.4 Å². The Hall–Kier alpha value is -2.89. The van der Waals surface area contributed by atoms with E-state index in [1.165, 1.54) is 32.1 Å². The topological polar surface area (TPSA) is 104 Å². The second kappa shape index (κ2) is 9.50. The number of pyridine rings is 1. The molecule has 1 fully saturated rings. The van der Waals surface area contributed by atoms with Gasteiger partial charge in [-0.15, -0.1) is 0 Å². The number of fused-ring (bicyclic) bond motifs is 1. The Labute approximate surface area is 183 Å². The molecule has 1 aliphatic heterocycles. The zero-order valence-electron chi connectivity index (χ0n) is 18.3. The monoisotopic (exact) mass is 420 g/mol. The smallest absolute Gasteiger partial charge is 0.252 e. The zero-order valence-corrected chi connectivity index (χ0v) is 18.3. The quantitative estimate of drug-likeness (QED) is 0.734. The Morgan fingerprint density at radius 3 is 2.71 bits per heavy atom. The molecule has 164 valence electrons. The first kappa shape index (κ1) is 21.3. The molecule has 1 atom stereocenters. The third-order valence-corrected chi connectivity index (χ3v) is 6.54. The Bertz CT molecular complexity index is 1020. The lowest BCUT2D eigenvalue weighted by Crippen LogP contribution is -2.28. The number of carbonyl (C=O) groups is 1. The fourth-order valence-corrected chi connectivity index (χ4v) is 4.96. The number of nitrogens with zero attached hydrogens (tertiary/aromatic N) is 2. The van der Waals surface area contributed by atoms with Crippen LogP contribution in [0.5, 0.6) is 5.75 Å². The average Bonchev–Trinajstić information content (AvgIpc) is 2.93. The van der Waals surface area contributed by atoms with Crippen molar-refractivity contribution in [3.8, 4) is 5.75 Å². The Kier molecular flexibility index (Phi) is 6.54. The van der Waals surface area contributed by atoms with E-state index in [1.807, 2.05) is 31.2 Å². The van der Waals surface area contributed by atoms with Crippen LogP contribution in [-0.2, 0) is 4.79 Å². The second-order valence-corrected chi connectivity index (χ2v) is 8.66. The van der Waals surface area contributed by atoms with Gasteiger partial charge in [0.1, 0.15) is 5.75 Å². The summed E-state index contributed by atoms with van der Waals surface area (Å²) in [6.45, 7) is 3.19. The number of aliphatic imine (C=N–C) groups is 1. The lowest BCUT2D eigenvalue weighted by atomic mass is 9.80. The summed E-state index contributed by atoms with van der Waals surface area (Å²) >= 11 is 0. The van der Waals surface area contributed by atoms with Gasteiger partial charge >= 0.3 is 0 Å². The van der Waals surface area contributed by atoms with E-state index in [2.05, 4.69) is 4.98 Å². The molecule has 1 unspecified atom stereocenters. The fraction of sp³-hybridized carbons (Fsp3) is 0.480. The van der Waals surface area contributed by atoms with Gasteiger partial charge in [0.05, 0.1) is 23.4 Å². The van der Waals surface area contributed by atoms with Crippen LogP contribution >= 0.6 is 0 Å². The van der Waals surface area contributed by atoms with Crippen LogP contribution in [-0.4, -0.2) is 29.8 Å². The third-order valence-electron chi connectivity index (χ3n) is 6.54. The number of ether oxygens (including phenoxy) is 1. The van der Waals surface area contributed by atoms with Crippen LogP contribution < -0.4 is 16.2 Å². The van der Waals surface area contributed by atoms with Gasteiger partial charge in [-0.3, -0.25) is 14.8 Å². The predicted octanol–water partition coefficient (Wildman–Crippen LogP) is 4.11. The van der Waals surface area contributed by atoms with Crippen molar-refractivity contribution < 1.29 is 9.53 Å². The standard InChI is InChI=1S/C25H32N4O2/c1-2-31-20-9-8-17-13-19(15-29-21(17)14-20)24-22(25(27)30)23(26)18(10-11-28-24)12-16-6-4-3-5-7-16/h8-9,13-16,18H,2-7,10-12,26H2,1H3,(H2,27,30). The minimum absolute atomic E-state index is 0.147. The van der Waals surface area contributed by atoms with Crippen molar-refractivity contribution in [3.05, 3.63) is 47.3 Å². The van der Waals surface area contributed by atoms with Gasteiger partial charge in [-0.25, -0.2) is 0 Å². The molecule has 4 rings (SSSR count). The maximum absolute atomic E-state index is 12.5. The Morgan fingerprint density at radius 1 is 1.16 bits per heavy atom. The zero-order chi connectivity index (χ0) is 21.8.